The van der Waals surface area contributed by atoms with Gasteiger partial charge in [0, 0.05) is 10.0 Å². The van der Waals surface area contributed by atoms with Crippen molar-refractivity contribution in [1.29, 1.82) is 0 Å². The molecule has 0 aromatic heterocycles. The number of nitrogens with one attached hydrogen (secondary N) is 1. The Morgan fingerprint density at radius 1 is 0.909 bits per heavy atom. The number of carbonyl (C=O) groups excluding carboxylic acids is 2. The molecule has 0 saturated heterocycles. The van der Waals surface area contributed by atoms with Gasteiger partial charge in [-0.05, 0) is 58.8 Å². The molecule has 4 aromatic rings. The van der Waals surface area contributed by atoms with E-state index in [0.717, 1.165) is 15.2 Å². The van der Waals surface area contributed by atoms with Gasteiger partial charge in [-0.25, -0.2) is 10.2 Å². The van der Waals surface area contributed by atoms with E-state index in [1.807, 2.05) is 42.5 Å². The monoisotopic (exact) mass is 502 g/mol. The van der Waals surface area contributed by atoms with Gasteiger partial charge in [0.1, 0.15) is 0 Å². The third-order valence-electron chi connectivity index (χ3n) is 4.86. The Balaban J connectivity index is 1.46. The van der Waals surface area contributed by atoms with Crippen LogP contribution >= 0.6 is 15.9 Å². The van der Waals surface area contributed by atoms with Crippen LogP contribution in [0.1, 0.15) is 26.3 Å². The third kappa shape index (κ3) is 5.27. The third-order valence-corrected chi connectivity index (χ3v) is 5.36. The molecular weight excluding hydrogens is 484 g/mol. The minimum Gasteiger partial charge on any atom is -0.493 e. The number of hydrogen-bond acceptors (Lipinski definition) is 5. The first-order valence-electron chi connectivity index (χ1n) is 10.0. The molecule has 4 aromatic carbocycles. The number of ether oxygens (including phenoxy) is 2. The fourth-order valence-corrected chi connectivity index (χ4v) is 3.67. The van der Waals surface area contributed by atoms with Crippen LogP contribution in [0.2, 0.25) is 0 Å². The molecule has 0 spiro atoms. The minimum atomic E-state index is -0.502. The van der Waals surface area contributed by atoms with Gasteiger partial charge in [0.25, 0.3) is 5.91 Å². The molecule has 0 saturated carbocycles. The lowest BCUT2D eigenvalue weighted by molar-refractivity contribution is 0.0729. The van der Waals surface area contributed by atoms with E-state index in [4.69, 9.17) is 9.47 Å². The van der Waals surface area contributed by atoms with Gasteiger partial charge in [-0.2, -0.15) is 5.10 Å². The lowest BCUT2D eigenvalue weighted by atomic mass is 10.0. The van der Waals surface area contributed by atoms with Gasteiger partial charge in [-0.1, -0.05) is 58.4 Å². The number of fused-ring (bicyclic) bond motifs is 1. The summed E-state index contributed by atoms with van der Waals surface area (Å²) < 4.78 is 11.6. The molecule has 0 fully saturated rings. The van der Waals surface area contributed by atoms with Crippen molar-refractivity contribution in [2.24, 2.45) is 5.10 Å². The minimum absolute atomic E-state index is 0.277. The second kappa shape index (κ2) is 10.1. The Bertz CT molecular complexity index is 1360. The first-order chi connectivity index (χ1) is 16.0. The standard InChI is InChI=1S/C26H19BrN2O4/c1-32-24-14-17(12-13-23(24)33-26(31)19-8-4-9-20(27)15-19)16-28-29-25(30)22-11-5-7-18-6-2-3-10-21(18)22/h2-16H,1H3,(H,29,30)/b28-16+. The van der Waals surface area contributed by atoms with E-state index in [1.165, 1.54) is 13.3 Å². The van der Waals surface area contributed by atoms with Crippen molar-refractivity contribution in [1.82, 2.24) is 5.43 Å². The molecule has 1 amide bonds. The lowest BCUT2D eigenvalue weighted by Gasteiger charge is -2.10. The van der Waals surface area contributed by atoms with Crippen LogP contribution in [-0.4, -0.2) is 25.2 Å². The smallest absolute Gasteiger partial charge is 0.343 e. The van der Waals surface area contributed by atoms with Crippen LogP contribution in [0.5, 0.6) is 11.5 Å². The van der Waals surface area contributed by atoms with Crippen molar-refractivity contribution in [2.75, 3.05) is 7.11 Å². The van der Waals surface area contributed by atoms with Crippen molar-refractivity contribution in [3.63, 3.8) is 0 Å². The molecule has 1 N–H and O–H groups in total. The second-order valence-electron chi connectivity index (χ2n) is 7.04. The predicted molar refractivity (Wildman–Crippen MR) is 131 cm³/mol. The predicted octanol–water partition coefficient (Wildman–Crippen LogP) is 5.59. The first kappa shape index (κ1) is 22.2. The maximum atomic E-state index is 12.6. The summed E-state index contributed by atoms with van der Waals surface area (Å²) in [4.78, 5) is 25.0. The maximum absolute atomic E-state index is 12.6. The van der Waals surface area contributed by atoms with E-state index in [1.54, 1.807) is 42.5 Å². The highest BCUT2D eigenvalue weighted by molar-refractivity contribution is 9.10. The van der Waals surface area contributed by atoms with Crippen LogP contribution in [-0.2, 0) is 0 Å². The SMILES string of the molecule is COc1cc(/C=N/NC(=O)c2cccc3ccccc23)ccc1OC(=O)c1cccc(Br)c1. The topological polar surface area (TPSA) is 77.0 Å². The van der Waals surface area contributed by atoms with Gasteiger partial charge in [0.05, 0.1) is 18.9 Å². The molecule has 0 atom stereocenters. The summed E-state index contributed by atoms with van der Waals surface area (Å²) in [7, 11) is 1.48. The number of benzene rings is 4. The molecule has 0 unspecified atom stereocenters. The summed E-state index contributed by atoms with van der Waals surface area (Å²) >= 11 is 3.34. The van der Waals surface area contributed by atoms with Crippen LogP contribution in [0.3, 0.4) is 0 Å². The fraction of sp³-hybridized carbons (Fsp3) is 0.0385. The van der Waals surface area contributed by atoms with Crippen molar-refractivity contribution >= 4 is 44.8 Å². The first-order valence-corrected chi connectivity index (χ1v) is 10.8. The van der Waals surface area contributed by atoms with Crippen molar-refractivity contribution in [2.45, 2.75) is 0 Å². The number of amides is 1. The Kier molecular flexibility index (Phi) is 6.80. The van der Waals surface area contributed by atoms with E-state index in [0.29, 0.717) is 22.4 Å². The Labute approximate surface area is 199 Å². The number of halogens is 1. The van der Waals surface area contributed by atoms with Gasteiger partial charge in [0.2, 0.25) is 0 Å². The average molecular weight is 503 g/mol. The van der Waals surface area contributed by atoms with Crippen molar-refractivity contribution in [3.05, 3.63) is 106 Å². The number of hydrogen-bond donors (Lipinski definition) is 1. The molecule has 164 valence electrons. The lowest BCUT2D eigenvalue weighted by Crippen LogP contribution is -2.17. The van der Waals surface area contributed by atoms with Crippen molar-refractivity contribution in [3.8, 4) is 11.5 Å². The van der Waals surface area contributed by atoms with E-state index in [9.17, 15) is 9.59 Å². The summed E-state index contributed by atoms with van der Waals surface area (Å²) in [5.74, 6) is -0.171. The highest BCUT2D eigenvalue weighted by Gasteiger charge is 2.13. The molecule has 33 heavy (non-hydrogen) atoms. The van der Waals surface area contributed by atoms with Gasteiger partial charge in [-0.3, -0.25) is 4.79 Å². The number of nitrogens with zero attached hydrogens (tertiary/aromatic N) is 1. The van der Waals surface area contributed by atoms with E-state index in [2.05, 4.69) is 26.5 Å². The zero-order chi connectivity index (χ0) is 23.2. The zero-order valence-corrected chi connectivity index (χ0v) is 19.2. The number of methoxy groups -OCH3 is 1. The fourth-order valence-electron chi connectivity index (χ4n) is 3.27. The van der Waals surface area contributed by atoms with Gasteiger partial charge >= 0.3 is 5.97 Å². The van der Waals surface area contributed by atoms with Gasteiger partial charge in [0.15, 0.2) is 11.5 Å². The molecule has 0 aliphatic carbocycles. The van der Waals surface area contributed by atoms with E-state index >= 15 is 0 Å². The zero-order valence-electron chi connectivity index (χ0n) is 17.6. The van der Waals surface area contributed by atoms with Gasteiger partial charge < -0.3 is 9.47 Å². The van der Waals surface area contributed by atoms with Crippen LogP contribution < -0.4 is 14.9 Å². The Morgan fingerprint density at radius 2 is 1.70 bits per heavy atom. The van der Waals surface area contributed by atoms with Crippen LogP contribution in [0.25, 0.3) is 10.8 Å². The number of rotatable bonds is 6. The normalized spacial score (nSPS) is 10.8. The highest BCUT2D eigenvalue weighted by Crippen LogP contribution is 2.28. The number of esters is 1. The second-order valence-corrected chi connectivity index (χ2v) is 7.95. The largest absolute Gasteiger partial charge is 0.493 e. The summed E-state index contributed by atoms with van der Waals surface area (Å²) in [5, 5.41) is 5.89. The summed E-state index contributed by atoms with van der Waals surface area (Å²) in [6.07, 6.45) is 1.49. The summed E-state index contributed by atoms with van der Waals surface area (Å²) in [6.45, 7) is 0. The van der Waals surface area contributed by atoms with Gasteiger partial charge in [-0.15, -0.1) is 0 Å². The summed E-state index contributed by atoms with van der Waals surface area (Å²) in [6, 6.07) is 25.1. The molecular formula is C26H19BrN2O4. The van der Waals surface area contributed by atoms with Crippen LogP contribution in [0, 0.1) is 0 Å². The van der Waals surface area contributed by atoms with Crippen LogP contribution in [0.15, 0.2) is 94.5 Å². The molecule has 7 heteroatoms. The molecule has 4 rings (SSSR count). The molecule has 0 bridgehead atoms. The molecule has 0 aliphatic rings. The maximum Gasteiger partial charge on any atom is 0.343 e. The van der Waals surface area contributed by atoms with E-state index in [-0.39, 0.29) is 11.7 Å². The number of hydrazone groups is 1. The Hall–Kier alpha value is -3.97. The van der Waals surface area contributed by atoms with Crippen molar-refractivity contribution < 1.29 is 19.1 Å². The molecule has 6 nitrogen and oxygen atoms in total. The molecule has 0 aliphatic heterocycles. The number of carbonyl (C=O) groups is 2. The summed E-state index contributed by atoms with van der Waals surface area (Å²) in [5.41, 5.74) is 4.16. The Morgan fingerprint density at radius 3 is 2.52 bits per heavy atom. The molecule has 0 heterocycles. The molecule has 0 radical (unpaired) electrons. The highest BCUT2D eigenvalue weighted by atomic mass is 79.9. The van der Waals surface area contributed by atoms with E-state index < -0.39 is 5.97 Å². The average Bonchev–Trinajstić information content (AvgIpc) is 2.84. The van der Waals surface area contributed by atoms with Crippen LogP contribution in [0.4, 0.5) is 0 Å². The quantitative estimate of drug-likeness (QED) is 0.161.